The van der Waals surface area contributed by atoms with E-state index >= 15 is 0 Å². The van der Waals surface area contributed by atoms with Gasteiger partial charge in [0.2, 0.25) is 0 Å². The second kappa shape index (κ2) is 5.18. The minimum absolute atomic E-state index is 0.192. The molecule has 1 amide bonds. The molecule has 106 valence electrons. The summed E-state index contributed by atoms with van der Waals surface area (Å²) in [5.41, 5.74) is 9.05. The standard InChI is InChI=1S/C16H15N3OS/c1-9-7-8-12(10(2)18-9)19-16(20)15-14(17)11-5-3-4-6-13(11)21-15/h3-8H,17H2,1-2H3,(H,19,20). The Bertz CT molecular complexity index is 839. The van der Waals surface area contributed by atoms with Gasteiger partial charge in [-0.3, -0.25) is 9.78 Å². The number of hydrogen-bond acceptors (Lipinski definition) is 4. The van der Waals surface area contributed by atoms with Crippen LogP contribution in [0.5, 0.6) is 0 Å². The van der Waals surface area contributed by atoms with E-state index in [1.807, 2.05) is 50.2 Å². The first-order chi connectivity index (χ1) is 10.1. The van der Waals surface area contributed by atoms with Crippen molar-refractivity contribution in [2.45, 2.75) is 13.8 Å². The maximum atomic E-state index is 12.4. The van der Waals surface area contributed by atoms with Crippen LogP contribution >= 0.6 is 11.3 Å². The van der Waals surface area contributed by atoms with Gasteiger partial charge >= 0.3 is 0 Å². The lowest BCUT2D eigenvalue weighted by Crippen LogP contribution is -2.13. The molecule has 1 aromatic carbocycles. The summed E-state index contributed by atoms with van der Waals surface area (Å²) in [6.45, 7) is 3.79. The highest BCUT2D eigenvalue weighted by Gasteiger charge is 2.17. The highest BCUT2D eigenvalue weighted by molar-refractivity contribution is 7.21. The van der Waals surface area contributed by atoms with Crippen LogP contribution in [0, 0.1) is 13.8 Å². The van der Waals surface area contributed by atoms with Crippen molar-refractivity contribution in [3.63, 3.8) is 0 Å². The molecule has 3 rings (SSSR count). The number of nitrogens with zero attached hydrogens (tertiary/aromatic N) is 1. The molecular weight excluding hydrogens is 282 g/mol. The molecule has 0 aliphatic heterocycles. The van der Waals surface area contributed by atoms with Gasteiger partial charge < -0.3 is 11.1 Å². The Kier molecular flexibility index (Phi) is 3.35. The number of carbonyl (C=O) groups is 1. The molecule has 3 aromatic rings. The molecule has 0 bridgehead atoms. The van der Waals surface area contributed by atoms with E-state index in [0.717, 1.165) is 21.5 Å². The van der Waals surface area contributed by atoms with Crippen LogP contribution in [0.3, 0.4) is 0 Å². The molecule has 21 heavy (non-hydrogen) atoms. The normalized spacial score (nSPS) is 10.8. The average molecular weight is 297 g/mol. The van der Waals surface area contributed by atoms with Crippen LogP contribution in [-0.4, -0.2) is 10.9 Å². The Morgan fingerprint density at radius 3 is 2.67 bits per heavy atom. The second-order valence-corrected chi connectivity index (χ2v) is 5.93. The largest absolute Gasteiger partial charge is 0.397 e. The number of nitrogens with one attached hydrogen (secondary N) is 1. The number of rotatable bonds is 2. The van der Waals surface area contributed by atoms with Crippen LogP contribution in [-0.2, 0) is 0 Å². The van der Waals surface area contributed by atoms with Gasteiger partial charge in [0.25, 0.3) is 5.91 Å². The van der Waals surface area contributed by atoms with E-state index in [1.54, 1.807) is 0 Å². The highest BCUT2D eigenvalue weighted by atomic mass is 32.1. The third kappa shape index (κ3) is 2.48. The fourth-order valence-electron chi connectivity index (χ4n) is 2.23. The molecule has 0 fully saturated rings. The molecule has 0 aliphatic rings. The maximum Gasteiger partial charge on any atom is 0.267 e. The zero-order chi connectivity index (χ0) is 15.0. The number of carbonyl (C=O) groups excluding carboxylic acids is 1. The van der Waals surface area contributed by atoms with Crippen LogP contribution in [0.25, 0.3) is 10.1 Å². The van der Waals surface area contributed by atoms with Crippen molar-refractivity contribution in [1.29, 1.82) is 0 Å². The molecular formula is C16H15N3OS. The topological polar surface area (TPSA) is 68.0 Å². The van der Waals surface area contributed by atoms with Gasteiger partial charge in [0.15, 0.2) is 0 Å². The van der Waals surface area contributed by atoms with Gasteiger partial charge in [-0.05, 0) is 32.0 Å². The summed E-state index contributed by atoms with van der Waals surface area (Å²) < 4.78 is 1.01. The molecule has 0 saturated heterocycles. The number of aromatic nitrogens is 1. The molecule has 0 radical (unpaired) electrons. The van der Waals surface area contributed by atoms with Crippen molar-refractivity contribution in [3.8, 4) is 0 Å². The molecule has 0 spiro atoms. The van der Waals surface area contributed by atoms with Crippen LogP contribution in [0.1, 0.15) is 21.1 Å². The lowest BCUT2D eigenvalue weighted by molar-refractivity contribution is 0.103. The van der Waals surface area contributed by atoms with Gasteiger partial charge in [0.05, 0.1) is 17.1 Å². The van der Waals surface area contributed by atoms with E-state index < -0.39 is 0 Å². The number of nitrogen functional groups attached to an aromatic ring is 1. The number of thiophene rings is 1. The first-order valence-corrected chi connectivity index (χ1v) is 7.40. The van der Waals surface area contributed by atoms with Crippen LogP contribution in [0.15, 0.2) is 36.4 Å². The van der Waals surface area contributed by atoms with Crippen molar-refractivity contribution in [1.82, 2.24) is 4.98 Å². The van der Waals surface area contributed by atoms with Crippen molar-refractivity contribution in [3.05, 3.63) is 52.7 Å². The van der Waals surface area contributed by atoms with Crippen molar-refractivity contribution in [2.75, 3.05) is 11.1 Å². The lowest BCUT2D eigenvalue weighted by atomic mass is 10.2. The zero-order valence-electron chi connectivity index (χ0n) is 11.8. The lowest BCUT2D eigenvalue weighted by Gasteiger charge is -2.07. The van der Waals surface area contributed by atoms with Gasteiger partial charge in [0.1, 0.15) is 4.88 Å². The number of amides is 1. The molecule has 3 N–H and O–H groups in total. The molecule has 0 saturated carbocycles. The number of pyridine rings is 1. The summed E-state index contributed by atoms with van der Waals surface area (Å²) in [4.78, 5) is 17.3. The van der Waals surface area contributed by atoms with E-state index in [1.165, 1.54) is 11.3 Å². The smallest absolute Gasteiger partial charge is 0.267 e. The molecule has 0 unspecified atom stereocenters. The van der Waals surface area contributed by atoms with Crippen LogP contribution in [0.4, 0.5) is 11.4 Å². The number of anilines is 2. The van der Waals surface area contributed by atoms with E-state index in [-0.39, 0.29) is 5.91 Å². The molecule has 2 aromatic heterocycles. The number of benzene rings is 1. The summed E-state index contributed by atoms with van der Waals surface area (Å²) >= 11 is 1.40. The van der Waals surface area contributed by atoms with Crippen molar-refractivity contribution < 1.29 is 4.79 Å². The second-order valence-electron chi connectivity index (χ2n) is 4.88. The fraction of sp³-hybridized carbons (Fsp3) is 0.125. The summed E-state index contributed by atoms with van der Waals surface area (Å²) in [6.07, 6.45) is 0. The maximum absolute atomic E-state index is 12.4. The third-order valence-corrected chi connectivity index (χ3v) is 4.50. The van der Waals surface area contributed by atoms with Gasteiger partial charge in [0, 0.05) is 15.8 Å². The van der Waals surface area contributed by atoms with Gasteiger partial charge in [-0.25, -0.2) is 0 Å². The fourth-order valence-corrected chi connectivity index (χ4v) is 3.25. The summed E-state index contributed by atoms with van der Waals surface area (Å²) in [5, 5.41) is 3.81. The minimum atomic E-state index is -0.192. The first-order valence-electron chi connectivity index (χ1n) is 6.59. The summed E-state index contributed by atoms with van der Waals surface area (Å²) in [6, 6.07) is 11.5. The van der Waals surface area contributed by atoms with E-state index in [2.05, 4.69) is 10.3 Å². The van der Waals surface area contributed by atoms with Crippen LogP contribution < -0.4 is 11.1 Å². The highest BCUT2D eigenvalue weighted by Crippen LogP contribution is 2.33. The predicted octanol–water partition coefficient (Wildman–Crippen LogP) is 3.75. The van der Waals surface area contributed by atoms with Gasteiger partial charge in [-0.1, -0.05) is 18.2 Å². The Morgan fingerprint density at radius 1 is 1.19 bits per heavy atom. The van der Waals surface area contributed by atoms with Gasteiger partial charge in [-0.2, -0.15) is 0 Å². The number of fused-ring (bicyclic) bond motifs is 1. The Hall–Kier alpha value is -2.40. The Balaban J connectivity index is 1.95. The Labute approximate surface area is 126 Å². The molecule has 0 aliphatic carbocycles. The van der Waals surface area contributed by atoms with E-state index in [9.17, 15) is 4.79 Å². The zero-order valence-corrected chi connectivity index (χ0v) is 12.6. The molecule has 0 atom stereocenters. The van der Waals surface area contributed by atoms with Crippen molar-refractivity contribution in [2.24, 2.45) is 0 Å². The SMILES string of the molecule is Cc1ccc(NC(=O)c2sc3ccccc3c2N)c(C)n1. The average Bonchev–Trinajstić information content (AvgIpc) is 2.80. The van der Waals surface area contributed by atoms with E-state index in [0.29, 0.717) is 16.3 Å². The monoisotopic (exact) mass is 297 g/mol. The predicted molar refractivity (Wildman–Crippen MR) is 87.9 cm³/mol. The summed E-state index contributed by atoms with van der Waals surface area (Å²) in [5.74, 6) is -0.192. The first kappa shape index (κ1) is 13.6. The molecule has 2 heterocycles. The number of nitrogens with two attached hydrogens (primary N) is 1. The quantitative estimate of drug-likeness (QED) is 0.757. The van der Waals surface area contributed by atoms with Crippen molar-refractivity contribution >= 4 is 38.7 Å². The molecule has 4 nitrogen and oxygen atoms in total. The van der Waals surface area contributed by atoms with Crippen LogP contribution in [0.2, 0.25) is 0 Å². The number of aryl methyl sites for hydroxylation is 2. The van der Waals surface area contributed by atoms with Gasteiger partial charge in [-0.15, -0.1) is 11.3 Å². The minimum Gasteiger partial charge on any atom is -0.397 e. The van der Waals surface area contributed by atoms with E-state index in [4.69, 9.17) is 5.73 Å². The Morgan fingerprint density at radius 2 is 1.95 bits per heavy atom. The third-order valence-electron chi connectivity index (χ3n) is 3.31. The molecule has 5 heteroatoms. The number of hydrogen-bond donors (Lipinski definition) is 2. The summed E-state index contributed by atoms with van der Waals surface area (Å²) in [7, 11) is 0.